The van der Waals surface area contributed by atoms with Crippen molar-refractivity contribution in [1.29, 1.82) is 0 Å². The molecule has 4 heteroatoms. The molecule has 0 heterocycles. The fourth-order valence-corrected chi connectivity index (χ4v) is 2.29. The van der Waals surface area contributed by atoms with Gasteiger partial charge in [0.15, 0.2) is 0 Å². The van der Waals surface area contributed by atoms with Crippen molar-refractivity contribution in [3.8, 4) is 0 Å². The zero-order valence-electron chi connectivity index (χ0n) is 9.88. The summed E-state index contributed by atoms with van der Waals surface area (Å²) in [5, 5.41) is 3.19. The summed E-state index contributed by atoms with van der Waals surface area (Å²) in [7, 11) is 0. The van der Waals surface area contributed by atoms with E-state index in [2.05, 4.69) is 19.2 Å². The smallest absolute Gasteiger partial charge is 0.231 e. The second-order valence-electron chi connectivity index (χ2n) is 4.44. The van der Waals surface area contributed by atoms with Crippen LogP contribution in [-0.4, -0.2) is 31.2 Å². The molecule has 88 valence electrons. The van der Waals surface area contributed by atoms with Gasteiger partial charge in [-0.05, 0) is 19.8 Å². The van der Waals surface area contributed by atoms with E-state index >= 15 is 0 Å². The van der Waals surface area contributed by atoms with Gasteiger partial charge in [0.05, 0.1) is 12.6 Å². The number of primary amides is 1. The van der Waals surface area contributed by atoms with E-state index in [0.717, 1.165) is 19.4 Å². The first-order chi connectivity index (χ1) is 7.04. The van der Waals surface area contributed by atoms with Crippen molar-refractivity contribution in [3.63, 3.8) is 0 Å². The Bertz CT molecular complexity index is 233. The van der Waals surface area contributed by atoms with Crippen LogP contribution in [0.5, 0.6) is 0 Å². The van der Waals surface area contributed by atoms with Crippen LogP contribution in [0.25, 0.3) is 0 Å². The summed E-state index contributed by atoms with van der Waals surface area (Å²) in [5.41, 5.74) is 5.25. The van der Waals surface area contributed by atoms with Gasteiger partial charge in [-0.2, -0.15) is 0 Å². The van der Waals surface area contributed by atoms with Crippen molar-refractivity contribution in [1.82, 2.24) is 5.32 Å². The van der Waals surface area contributed by atoms with E-state index in [1.165, 1.54) is 0 Å². The maximum absolute atomic E-state index is 10.7. The third kappa shape index (κ3) is 2.49. The number of ether oxygens (including phenoxy) is 1. The van der Waals surface area contributed by atoms with E-state index in [1.807, 2.05) is 6.92 Å². The normalized spacial score (nSPS) is 34.9. The van der Waals surface area contributed by atoms with Crippen LogP contribution in [-0.2, 0) is 9.53 Å². The molecule has 0 aromatic carbocycles. The van der Waals surface area contributed by atoms with E-state index in [9.17, 15) is 4.79 Å². The summed E-state index contributed by atoms with van der Waals surface area (Å²) in [6.07, 6.45) is 2.34. The lowest BCUT2D eigenvalue weighted by Gasteiger charge is -2.53. The summed E-state index contributed by atoms with van der Waals surface area (Å²) in [6, 6.07) is 0.353. The number of rotatable bonds is 6. The minimum atomic E-state index is -0.298. The molecular formula is C11H22N2O2. The maximum atomic E-state index is 10.7. The predicted molar refractivity (Wildman–Crippen MR) is 59.4 cm³/mol. The van der Waals surface area contributed by atoms with Gasteiger partial charge in [0, 0.05) is 18.1 Å². The summed E-state index contributed by atoms with van der Waals surface area (Å²) >= 11 is 0. The zero-order valence-corrected chi connectivity index (χ0v) is 9.88. The number of nitrogens with two attached hydrogens (primary N) is 1. The van der Waals surface area contributed by atoms with Gasteiger partial charge < -0.3 is 15.8 Å². The molecule has 3 N–H and O–H groups in total. The maximum Gasteiger partial charge on any atom is 0.231 e. The molecule has 0 radical (unpaired) electrons. The molecule has 1 aliphatic carbocycles. The van der Waals surface area contributed by atoms with Crippen LogP contribution in [0.2, 0.25) is 0 Å². The van der Waals surface area contributed by atoms with Gasteiger partial charge in [0.2, 0.25) is 5.91 Å². The number of nitrogens with one attached hydrogen (secondary N) is 1. The highest BCUT2D eigenvalue weighted by atomic mass is 16.5. The molecule has 1 amide bonds. The minimum absolute atomic E-state index is 0.144. The minimum Gasteiger partial charge on any atom is -0.378 e. The molecule has 1 rings (SSSR count). The highest BCUT2D eigenvalue weighted by Crippen LogP contribution is 2.45. The summed E-state index contributed by atoms with van der Waals surface area (Å²) in [6.45, 7) is 7.39. The van der Waals surface area contributed by atoms with Gasteiger partial charge >= 0.3 is 0 Å². The SMILES string of the molecule is CCOC1CC(NCC(N)=O)C1(C)CC. The Morgan fingerprint density at radius 1 is 1.60 bits per heavy atom. The third-order valence-corrected chi connectivity index (χ3v) is 3.63. The molecule has 1 saturated carbocycles. The first kappa shape index (κ1) is 12.5. The van der Waals surface area contributed by atoms with Gasteiger partial charge in [-0.3, -0.25) is 4.79 Å². The molecule has 0 bridgehead atoms. The molecule has 1 fully saturated rings. The highest BCUT2D eigenvalue weighted by Gasteiger charge is 2.50. The number of carbonyl (C=O) groups is 1. The second-order valence-corrected chi connectivity index (χ2v) is 4.44. The predicted octanol–water partition coefficient (Wildman–Crippen LogP) is 0.655. The quantitative estimate of drug-likeness (QED) is 0.682. The number of hydrogen-bond donors (Lipinski definition) is 2. The number of hydrogen-bond acceptors (Lipinski definition) is 3. The second kappa shape index (κ2) is 4.94. The van der Waals surface area contributed by atoms with E-state index < -0.39 is 0 Å². The zero-order chi connectivity index (χ0) is 11.5. The monoisotopic (exact) mass is 214 g/mol. The van der Waals surface area contributed by atoms with Crippen LogP contribution in [0.4, 0.5) is 0 Å². The Morgan fingerprint density at radius 3 is 2.73 bits per heavy atom. The van der Waals surface area contributed by atoms with Gasteiger partial charge in [-0.1, -0.05) is 13.8 Å². The van der Waals surface area contributed by atoms with Crippen molar-refractivity contribution in [3.05, 3.63) is 0 Å². The summed E-state index contributed by atoms with van der Waals surface area (Å²) in [4.78, 5) is 10.7. The Morgan fingerprint density at radius 2 is 2.27 bits per heavy atom. The average Bonchev–Trinajstić information content (AvgIpc) is 2.20. The van der Waals surface area contributed by atoms with Crippen molar-refractivity contribution < 1.29 is 9.53 Å². The van der Waals surface area contributed by atoms with E-state index in [0.29, 0.717) is 12.1 Å². The van der Waals surface area contributed by atoms with E-state index in [4.69, 9.17) is 10.5 Å². The van der Waals surface area contributed by atoms with Crippen LogP contribution < -0.4 is 11.1 Å². The molecule has 3 unspecified atom stereocenters. The summed E-state index contributed by atoms with van der Waals surface area (Å²) < 4.78 is 5.67. The Balaban J connectivity index is 2.45. The van der Waals surface area contributed by atoms with Gasteiger partial charge in [-0.25, -0.2) is 0 Å². The largest absolute Gasteiger partial charge is 0.378 e. The fraction of sp³-hybridized carbons (Fsp3) is 0.909. The first-order valence-corrected chi connectivity index (χ1v) is 5.67. The molecule has 0 aromatic heterocycles. The van der Waals surface area contributed by atoms with Crippen molar-refractivity contribution in [2.24, 2.45) is 11.1 Å². The molecule has 4 nitrogen and oxygen atoms in total. The average molecular weight is 214 g/mol. The third-order valence-electron chi connectivity index (χ3n) is 3.63. The van der Waals surface area contributed by atoms with Crippen molar-refractivity contribution in [2.45, 2.75) is 45.8 Å². The van der Waals surface area contributed by atoms with Gasteiger partial charge in [0.1, 0.15) is 0 Å². The first-order valence-electron chi connectivity index (χ1n) is 5.67. The standard InChI is InChI=1S/C11H22N2O2/c1-4-11(3)8(13-7-10(12)14)6-9(11)15-5-2/h8-9,13H,4-7H2,1-3H3,(H2,12,14). The van der Waals surface area contributed by atoms with Crippen LogP contribution in [0, 0.1) is 5.41 Å². The molecule has 1 aliphatic rings. The summed E-state index contributed by atoms with van der Waals surface area (Å²) in [5.74, 6) is -0.298. The van der Waals surface area contributed by atoms with Gasteiger partial charge in [0.25, 0.3) is 0 Å². The van der Waals surface area contributed by atoms with Crippen molar-refractivity contribution >= 4 is 5.91 Å². The topological polar surface area (TPSA) is 64.3 Å². The van der Waals surface area contributed by atoms with Crippen LogP contribution in [0.15, 0.2) is 0 Å². The molecule has 0 spiro atoms. The lowest BCUT2D eigenvalue weighted by atomic mass is 9.61. The van der Waals surface area contributed by atoms with Crippen LogP contribution >= 0.6 is 0 Å². The molecular weight excluding hydrogens is 192 g/mol. The molecule has 0 saturated heterocycles. The Hall–Kier alpha value is -0.610. The molecule has 0 aliphatic heterocycles. The number of carbonyl (C=O) groups excluding carboxylic acids is 1. The Kier molecular flexibility index (Phi) is 4.11. The van der Waals surface area contributed by atoms with Crippen LogP contribution in [0.3, 0.4) is 0 Å². The van der Waals surface area contributed by atoms with E-state index in [-0.39, 0.29) is 17.9 Å². The van der Waals surface area contributed by atoms with Gasteiger partial charge in [-0.15, -0.1) is 0 Å². The van der Waals surface area contributed by atoms with E-state index in [1.54, 1.807) is 0 Å². The lowest BCUT2D eigenvalue weighted by molar-refractivity contribution is -0.130. The molecule has 15 heavy (non-hydrogen) atoms. The molecule has 0 aromatic rings. The lowest BCUT2D eigenvalue weighted by Crippen LogP contribution is -2.63. The fourth-order valence-electron chi connectivity index (χ4n) is 2.29. The van der Waals surface area contributed by atoms with Crippen molar-refractivity contribution in [2.75, 3.05) is 13.2 Å². The highest BCUT2D eigenvalue weighted by molar-refractivity contribution is 5.75. The Labute approximate surface area is 91.5 Å². The molecule has 3 atom stereocenters. The number of amides is 1. The van der Waals surface area contributed by atoms with Crippen LogP contribution in [0.1, 0.15) is 33.6 Å².